The predicted molar refractivity (Wildman–Crippen MR) is 98.6 cm³/mol. The van der Waals surface area contributed by atoms with Crippen LogP contribution in [0.5, 0.6) is 0 Å². The van der Waals surface area contributed by atoms with Gasteiger partial charge in [0.15, 0.2) is 0 Å². The number of carbonyl (C=O) groups excluding carboxylic acids is 1. The van der Waals surface area contributed by atoms with Gasteiger partial charge in [-0.25, -0.2) is 0 Å². The fourth-order valence-corrected chi connectivity index (χ4v) is 3.59. The average Bonchev–Trinajstić information content (AvgIpc) is 2.67. The molecule has 0 N–H and O–H groups in total. The number of hydrogen-bond donors (Lipinski definition) is 0. The highest BCUT2D eigenvalue weighted by atomic mass is 16.2. The summed E-state index contributed by atoms with van der Waals surface area (Å²) < 4.78 is 0. The van der Waals surface area contributed by atoms with Crippen molar-refractivity contribution in [1.82, 2.24) is 4.90 Å². The first-order valence-corrected chi connectivity index (χ1v) is 9.19. The van der Waals surface area contributed by atoms with Gasteiger partial charge in [0.25, 0.3) is 0 Å². The molecular formula is C22H27NO. The molecule has 2 aromatic rings. The zero-order valence-electron chi connectivity index (χ0n) is 14.4. The van der Waals surface area contributed by atoms with Crippen molar-refractivity contribution in [2.45, 2.75) is 45.1 Å². The summed E-state index contributed by atoms with van der Waals surface area (Å²) in [6.07, 6.45) is 6.74. The van der Waals surface area contributed by atoms with Gasteiger partial charge in [-0.3, -0.25) is 4.79 Å². The molecule has 0 unspecified atom stereocenters. The molecule has 0 atom stereocenters. The Bertz CT molecular complexity index is 617. The number of benzene rings is 2. The summed E-state index contributed by atoms with van der Waals surface area (Å²) in [5, 5.41) is 0. The van der Waals surface area contributed by atoms with Crippen LogP contribution in [0.25, 0.3) is 0 Å². The number of amides is 1. The second-order valence-corrected chi connectivity index (χ2v) is 6.82. The van der Waals surface area contributed by atoms with E-state index in [1.54, 1.807) is 0 Å². The third-order valence-corrected chi connectivity index (χ3v) is 5.00. The molecule has 0 spiro atoms. The van der Waals surface area contributed by atoms with Crippen LogP contribution in [0.2, 0.25) is 0 Å². The van der Waals surface area contributed by atoms with E-state index in [9.17, 15) is 4.79 Å². The van der Waals surface area contributed by atoms with Crippen LogP contribution in [0, 0.1) is 5.92 Å². The second-order valence-electron chi connectivity index (χ2n) is 6.82. The van der Waals surface area contributed by atoms with E-state index in [0.717, 1.165) is 32.4 Å². The average molecular weight is 321 g/mol. The molecule has 0 aliphatic heterocycles. The van der Waals surface area contributed by atoms with Gasteiger partial charge in [0.2, 0.25) is 5.91 Å². The fraction of sp³-hybridized carbons (Fsp3) is 0.409. The largest absolute Gasteiger partial charge is 0.338 e. The first-order valence-electron chi connectivity index (χ1n) is 9.19. The zero-order chi connectivity index (χ0) is 16.6. The Kier molecular flexibility index (Phi) is 6.06. The first kappa shape index (κ1) is 16.8. The molecule has 0 bridgehead atoms. The van der Waals surface area contributed by atoms with Gasteiger partial charge < -0.3 is 4.90 Å². The van der Waals surface area contributed by atoms with Gasteiger partial charge in [0.05, 0.1) is 0 Å². The van der Waals surface area contributed by atoms with Crippen molar-refractivity contribution in [3.05, 3.63) is 71.8 Å². The van der Waals surface area contributed by atoms with Crippen molar-refractivity contribution >= 4 is 5.91 Å². The Hall–Kier alpha value is -2.09. The van der Waals surface area contributed by atoms with Gasteiger partial charge in [-0.05, 0) is 30.4 Å². The molecule has 126 valence electrons. The van der Waals surface area contributed by atoms with Crippen molar-refractivity contribution < 1.29 is 4.79 Å². The highest BCUT2D eigenvalue weighted by Crippen LogP contribution is 2.26. The molecule has 24 heavy (non-hydrogen) atoms. The summed E-state index contributed by atoms with van der Waals surface area (Å²) in [5.74, 6) is 0.590. The first-order chi connectivity index (χ1) is 11.8. The van der Waals surface area contributed by atoms with E-state index in [4.69, 9.17) is 0 Å². The summed E-state index contributed by atoms with van der Waals surface area (Å²) in [7, 11) is 0. The van der Waals surface area contributed by atoms with Gasteiger partial charge in [-0.15, -0.1) is 0 Å². The molecule has 0 radical (unpaired) electrons. The molecule has 3 rings (SSSR count). The van der Waals surface area contributed by atoms with E-state index < -0.39 is 0 Å². The van der Waals surface area contributed by atoms with Gasteiger partial charge in [-0.2, -0.15) is 0 Å². The number of rotatable bonds is 6. The number of hydrogen-bond acceptors (Lipinski definition) is 1. The van der Waals surface area contributed by atoms with E-state index in [1.807, 2.05) is 12.1 Å². The molecule has 0 saturated heterocycles. The standard InChI is InChI=1S/C22H27NO/c24-22(21-14-8-3-9-15-21)23(18-20-12-6-2-7-13-20)17-16-19-10-4-1-5-11-19/h1-2,4-7,10-13,21H,3,8-9,14-18H2. The van der Waals surface area contributed by atoms with Crippen LogP contribution in [0.1, 0.15) is 43.2 Å². The molecule has 2 aromatic carbocycles. The van der Waals surface area contributed by atoms with Gasteiger partial charge >= 0.3 is 0 Å². The molecule has 1 amide bonds. The lowest BCUT2D eigenvalue weighted by molar-refractivity contribution is -0.137. The third kappa shape index (κ3) is 4.70. The van der Waals surface area contributed by atoms with Gasteiger partial charge in [-0.1, -0.05) is 79.9 Å². The lowest BCUT2D eigenvalue weighted by atomic mass is 9.88. The summed E-state index contributed by atoms with van der Waals surface area (Å²) in [6.45, 7) is 1.53. The lowest BCUT2D eigenvalue weighted by Gasteiger charge is -2.29. The maximum atomic E-state index is 13.0. The van der Waals surface area contributed by atoms with Crippen molar-refractivity contribution in [3.63, 3.8) is 0 Å². The molecular weight excluding hydrogens is 294 g/mol. The Labute approximate surface area is 145 Å². The van der Waals surface area contributed by atoms with Crippen LogP contribution in [-0.2, 0) is 17.8 Å². The van der Waals surface area contributed by atoms with E-state index in [2.05, 4.69) is 53.4 Å². The maximum Gasteiger partial charge on any atom is 0.225 e. The zero-order valence-corrected chi connectivity index (χ0v) is 14.4. The topological polar surface area (TPSA) is 20.3 Å². The van der Waals surface area contributed by atoms with Crippen LogP contribution >= 0.6 is 0 Å². The van der Waals surface area contributed by atoms with Crippen LogP contribution in [0.4, 0.5) is 0 Å². The quantitative estimate of drug-likeness (QED) is 0.745. The van der Waals surface area contributed by atoms with E-state index in [0.29, 0.717) is 5.91 Å². The van der Waals surface area contributed by atoms with Crippen molar-refractivity contribution in [2.75, 3.05) is 6.54 Å². The minimum Gasteiger partial charge on any atom is -0.338 e. The Morgan fingerprint density at radius 1 is 0.833 bits per heavy atom. The van der Waals surface area contributed by atoms with Crippen LogP contribution in [0.3, 0.4) is 0 Å². The van der Waals surface area contributed by atoms with Crippen molar-refractivity contribution in [3.8, 4) is 0 Å². The minimum atomic E-state index is 0.234. The summed E-state index contributed by atoms with van der Waals surface area (Å²) in [4.78, 5) is 15.1. The normalized spacial score (nSPS) is 15.2. The predicted octanol–water partition coefficient (Wildman–Crippen LogP) is 4.84. The Morgan fingerprint density at radius 2 is 1.42 bits per heavy atom. The molecule has 1 fully saturated rings. The van der Waals surface area contributed by atoms with Gasteiger partial charge in [0, 0.05) is 19.0 Å². The molecule has 0 heterocycles. The molecule has 0 aromatic heterocycles. The SMILES string of the molecule is O=C(C1CCCCC1)N(CCc1ccccc1)Cc1ccccc1. The number of nitrogens with zero attached hydrogens (tertiary/aromatic N) is 1. The third-order valence-electron chi connectivity index (χ3n) is 5.00. The molecule has 2 heteroatoms. The minimum absolute atomic E-state index is 0.234. The van der Waals surface area contributed by atoms with Crippen molar-refractivity contribution in [1.29, 1.82) is 0 Å². The molecule has 1 aliphatic rings. The Morgan fingerprint density at radius 3 is 2.04 bits per heavy atom. The molecule has 1 saturated carbocycles. The van der Waals surface area contributed by atoms with Crippen molar-refractivity contribution in [2.24, 2.45) is 5.92 Å². The molecule has 1 aliphatic carbocycles. The van der Waals surface area contributed by atoms with Crippen LogP contribution in [-0.4, -0.2) is 17.4 Å². The summed E-state index contributed by atoms with van der Waals surface area (Å²) >= 11 is 0. The molecule has 2 nitrogen and oxygen atoms in total. The monoisotopic (exact) mass is 321 g/mol. The van der Waals surface area contributed by atoms with Crippen LogP contribution in [0.15, 0.2) is 60.7 Å². The summed E-state index contributed by atoms with van der Waals surface area (Å²) in [6, 6.07) is 20.8. The summed E-state index contributed by atoms with van der Waals surface area (Å²) in [5.41, 5.74) is 2.52. The highest BCUT2D eigenvalue weighted by Gasteiger charge is 2.25. The van der Waals surface area contributed by atoms with E-state index >= 15 is 0 Å². The fourth-order valence-electron chi connectivity index (χ4n) is 3.59. The van der Waals surface area contributed by atoms with E-state index in [-0.39, 0.29) is 5.92 Å². The highest BCUT2D eigenvalue weighted by molar-refractivity contribution is 5.79. The van der Waals surface area contributed by atoms with Gasteiger partial charge in [0.1, 0.15) is 0 Å². The van der Waals surface area contributed by atoms with E-state index in [1.165, 1.54) is 30.4 Å². The second kappa shape index (κ2) is 8.68. The lowest BCUT2D eigenvalue weighted by Crippen LogP contribution is -2.38. The smallest absolute Gasteiger partial charge is 0.225 e. The maximum absolute atomic E-state index is 13.0. The number of carbonyl (C=O) groups is 1. The van der Waals surface area contributed by atoms with Crippen LogP contribution < -0.4 is 0 Å². The Balaban J connectivity index is 1.68.